The number of hydrogen-bond acceptors (Lipinski definition) is 3. The van der Waals surface area contributed by atoms with Gasteiger partial charge >= 0.3 is 0 Å². The van der Waals surface area contributed by atoms with Gasteiger partial charge in [-0.15, -0.1) is 0 Å². The summed E-state index contributed by atoms with van der Waals surface area (Å²) < 4.78 is 5.95. The quantitative estimate of drug-likeness (QED) is 0.585. The van der Waals surface area contributed by atoms with E-state index in [-0.39, 0.29) is 0 Å². The summed E-state index contributed by atoms with van der Waals surface area (Å²) in [5, 5.41) is 0. The van der Waals surface area contributed by atoms with Crippen molar-refractivity contribution >= 4 is 21.6 Å². The molecule has 3 N–H and O–H groups in total. The molecule has 0 spiro atoms. The Morgan fingerprint density at radius 2 is 2.18 bits per heavy atom. The average Bonchev–Trinajstić information content (AvgIpc) is 2.03. The van der Waals surface area contributed by atoms with Crippen LogP contribution in [0.4, 0.5) is 5.69 Å². The molecule has 1 aromatic carbocycles. The van der Waals surface area contributed by atoms with Crippen molar-refractivity contribution in [1.29, 1.82) is 0 Å². The van der Waals surface area contributed by atoms with E-state index in [2.05, 4.69) is 21.4 Å². The summed E-state index contributed by atoms with van der Waals surface area (Å²) in [7, 11) is 1.61. The Balaban J connectivity index is 3.02. The molecule has 0 saturated carbocycles. The van der Waals surface area contributed by atoms with Gasteiger partial charge in [0.15, 0.2) is 0 Å². The van der Waals surface area contributed by atoms with Gasteiger partial charge in [-0.1, -0.05) is 15.9 Å². The second kappa shape index (κ2) is 3.59. The first kappa shape index (κ1) is 8.36. The third-order valence-electron chi connectivity index (χ3n) is 1.27. The molecule has 0 saturated heterocycles. The summed E-state index contributed by atoms with van der Waals surface area (Å²) in [6, 6.07) is 5.54. The first-order valence-corrected chi connectivity index (χ1v) is 3.87. The third kappa shape index (κ3) is 2.10. The van der Waals surface area contributed by atoms with Crippen LogP contribution in [0.15, 0.2) is 22.7 Å². The lowest BCUT2D eigenvalue weighted by molar-refractivity contribution is 0.414. The highest BCUT2D eigenvalue weighted by molar-refractivity contribution is 9.10. The fourth-order valence-electron chi connectivity index (χ4n) is 0.764. The Labute approximate surface area is 73.6 Å². The Morgan fingerprint density at radius 1 is 1.45 bits per heavy atom. The van der Waals surface area contributed by atoms with Crippen molar-refractivity contribution in [3.8, 4) is 5.75 Å². The van der Waals surface area contributed by atoms with Gasteiger partial charge in [0.1, 0.15) is 5.75 Å². The van der Waals surface area contributed by atoms with Gasteiger partial charge in [0.25, 0.3) is 0 Å². The van der Waals surface area contributed by atoms with Gasteiger partial charge in [-0.25, -0.2) is 0 Å². The predicted molar refractivity (Wildman–Crippen MR) is 48.5 cm³/mol. The molecule has 1 aromatic rings. The van der Waals surface area contributed by atoms with Gasteiger partial charge in [-0.3, -0.25) is 5.84 Å². The lowest BCUT2D eigenvalue weighted by Crippen LogP contribution is -2.06. The molecule has 0 fully saturated rings. The lowest BCUT2D eigenvalue weighted by atomic mass is 10.3. The molecule has 0 atom stereocenters. The number of benzene rings is 1. The first-order valence-electron chi connectivity index (χ1n) is 3.07. The number of hydrazine groups is 1. The van der Waals surface area contributed by atoms with Crippen LogP contribution in [-0.2, 0) is 0 Å². The molecule has 0 unspecified atom stereocenters. The summed E-state index contributed by atoms with van der Waals surface area (Å²) in [4.78, 5) is 0. The molecule has 0 bridgehead atoms. The number of halogens is 1. The molecule has 0 aliphatic carbocycles. The Kier molecular flexibility index (Phi) is 2.73. The highest BCUT2D eigenvalue weighted by Gasteiger charge is 1.96. The molecular formula is C7H9BrN2O. The molecule has 0 heterocycles. The third-order valence-corrected chi connectivity index (χ3v) is 1.73. The van der Waals surface area contributed by atoms with Crippen LogP contribution >= 0.6 is 15.9 Å². The van der Waals surface area contributed by atoms with E-state index < -0.39 is 0 Å². The summed E-state index contributed by atoms with van der Waals surface area (Å²) in [6.07, 6.45) is 0. The minimum Gasteiger partial charge on any atom is -0.497 e. The monoisotopic (exact) mass is 216 g/mol. The van der Waals surface area contributed by atoms with Gasteiger partial charge < -0.3 is 10.2 Å². The van der Waals surface area contributed by atoms with Crippen LogP contribution in [0.2, 0.25) is 0 Å². The summed E-state index contributed by atoms with van der Waals surface area (Å²) in [6.45, 7) is 0. The Bertz CT molecular complexity index is 230. The molecule has 0 aromatic heterocycles. The fourth-order valence-corrected chi connectivity index (χ4v) is 1.24. The van der Waals surface area contributed by atoms with E-state index >= 15 is 0 Å². The summed E-state index contributed by atoms with van der Waals surface area (Å²) in [5.41, 5.74) is 3.35. The maximum absolute atomic E-state index is 5.22. The van der Waals surface area contributed by atoms with Crippen LogP contribution in [-0.4, -0.2) is 7.11 Å². The summed E-state index contributed by atoms with van der Waals surface area (Å²) >= 11 is 3.32. The molecule has 3 nitrogen and oxygen atoms in total. The van der Waals surface area contributed by atoms with Crippen LogP contribution in [0.1, 0.15) is 0 Å². The molecule has 60 valence electrons. The van der Waals surface area contributed by atoms with Gasteiger partial charge in [0.05, 0.1) is 12.8 Å². The zero-order valence-corrected chi connectivity index (χ0v) is 7.68. The smallest absolute Gasteiger partial charge is 0.122 e. The summed E-state index contributed by atoms with van der Waals surface area (Å²) in [5.74, 6) is 5.99. The molecule has 4 heteroatoms. The predicted octanol–water partition coefficient (Wildman–Crippen LogP) is 1.74. The van der Waals surface area contributed by atoms with Gasteiger partial charge in [0.2, 0.25) is 0 Å². The van der Waals surface area contributed by atoms with Crippen molar-refractivity contribution < 1.29 is 4.74 Å². The zero-order valence-electron chi connectivity index (χ0n) is 6.10. The fraction of sp³-hybridized carbons (Fsp3) is 0.143. The highest BCUT2D eigenvalue weighted by atomic mass is 79.9. The number of nitrogen functional groups attached to an aromatic ring is 1. The van der Waals surface area contributed by atoms with E-state index in [1.807, 2.05) is 18.2 Å². The normalized spacial score (nSPS) is 9.36. The first-order chi connectivity index (χ1) is 5.26. The Hall–Kier alpha value is -0.740. The lowest BCUT2D eigenvalue weighted by Gasteiger charge is -2.04. The molecule has 11 heavy (non-hydrogen) atoms. The van der Waals surface area contributed by atoms with Crippen LogP contribution in [0, 0.1) is 0 Å². The minimum atomic E-state index is 0.771. The number of ether oxygens (including phenoxy) is 1. The van der Waals surface area contributed by atoms with Crippen LogP contribution < -0.4 is 16.0 Å². The second-order valence-corrected chi connectivity index (χ2v) is 2.94. The van der Waals surface area contributed by atoms with Crippen molar-refractivity contribution in [3.05, 3.63) is 22.7 Å². The number of rotatable bonds is 2. The SMILES string of the molecule is COc1cc(Br)cc(NN)c1. The highest BCUT2D eigenvalue weighted by Crippen LogP contribution is 2.23. The van der Waals surface area contributed by atoms with Gasteiger partial charge in [-0.2, -0.15) is 0 Å². The number of methoxy groups -OCH3 is 1. The molecule has 0 radical (unpaired) electrons. The van der Waals surface area contributed by atoms with E-state index in [9.17, 15) is 0 Å². The number of nitrogens with two attached hydrogens (primary N) is 1. The van der Waals surface area contributed by atoms with Gasteiger partial charge in [-0.05, 0) is 12.1 Å². The van der Waals surface area contributed by atoms with Crippen LogP contribution in [0.25, 0.3) is 0 Å². The molecular weight excluding hydrogens is 208 g/mol. The van der Waals surface area contributed by atoms with Crippen molar-refractivity contribution in [3.63, 3.8) is 0 Å². The molecule has 0 amide bonds. The molecule has 0 aliphatic heterocycles. The number of anilines is 1. The van der Waals surface area contributed by atoms with Crippen LogP contribution in [0.3, 0.4) is 0 Å². The van der Waals surface area contributed by atoms with Gasteiger partial charge in [0, 0.05) is 10.5 Å². The standard InChI is InChI=1S/C7H9BrN2O/c1-11-7-3-5(8)2-6(4-7)10-9/h2-4,10H,9H2,1H3. The zero-order chi connectivity index (χ0) is 8.27. The minimum absolute atomic E-state index is 0.771. The van der Waals surface area contributed by atoms with E-state index in [4.69, 9.17) is 10.6 Å². The van der Waals surface area contributed by atoms with Crippen LogP contribution in [0.5, 0.6) is 5.75 Å². The molecule has 1 rings (SSSR count). The average molecular weight is 217 g/mol. The second-order valence-electron chi connectivity index (χ2n) is 2.02. The van der Waals surface area contributed by atoms with E-state index in [0.717, 1.165) is 15.9 Å². The van der Waals surface area contributed by atoms with E-state index in [1.54, 1.807) is 7.11 Å². The van der Waals surface area contributed by atoms with Crippen molar-refractivity contribution in [2.24, 2.45) is 5.84 Å². The van der Waals surface area contributed by atoms with Crippen molar-refractivity contribution in [2.75, 3.05) is 12.5 Å². The van der Waals surface area contributed by atoms with E-state index in [0.29, 0.717) is 0 Å². The number of hydrogen-bond donors (Lipinski definition) is 2. The van der Waals surface area contributed by atoms with Crippen molar-refractivity contribution in [2.45, 2.75) is 0 Å². The topological polar surface area (TPSA) is 47.3 Å². The largest absolute Gasteiger partial charge is 0.497 e. The van der Waals surface area contributed by atoms with Crippen molar-refractivity contribution in [1.82, 2.24) is 0 Å². The molecule has 0 aliphatic rings. The maximum Gasteiger partial charge on any atom is 0.122 e. The maximum atomic E-state index is 5.22. The Morgan fingerprint density at radius 3 is 2.73 bits per heavy atom. The number of nitrogens with one attached hydrogen (secondary N) is 1. The van der Waals surface area contributed by atoms with E-state index in [1.165, 1.54) is 0 Å².